The molecule has 0 spiro atoms. The number of carbonyl (C=O) groups is 1. The van der Waals surface area contributed by atoms with E-state index >= 15 is 0 Å². The average molecular weight is 267 g/mol. The first-order valence-corrected chi connectivity index (χ1v) is 7.17. The van der Waals surface area contributed by atoms with Gasteiger partial charge < -0.3 is 0 Å². The van der Waals surface area contributed by atoms with Crippen molar-refractivity contribution >= 4 is 5.78 Å². The minimum absolute atomic E-state index is 0.122. The monoisotopic (exact) mass is 267 g/mol. The van der Waals surface area contributed by atoms with E-state index in [-0.39, 0.29) is 5.78 Å². The summed E-state index contributed by atoms with van der Waals surface area (Å²) in [6.45, 7) is 6.39. The highest BCUT2D eigenvalue weighted by Crippen LogP contribution is 2.15. The number of pyridine rings is 1. The molecule has 0 aliphatic carbocycles. The Bertz CT molecular complexity index is 567. The van der Waals surface area contributed by atoms with Gasteiger partial charge in [0.25, 0.3) is 0 Å². The molecule has 1 aromatic carbocycles. The third-order valence-electron chi connectivity index (χ3n) is 3.54. The molecule has 0 radical (unpaired) electrons. The van der Waals surface area contributed by atoms with Crippen LogP contribution in [0.4, 0.5) is 0 Å². The second-order valence-corrected chi connectivity index (χ2v) is 5.39. The molecule has 1 aromatic heterocycles. The highest BCUT2D eigenvalue weighted by atomic mass is 16.1. The Morgan fingerprint density at radius 1 is 1.10 bits per heavy atom. The molecule has 0 saturated carbocycles. The lowest BCUT2D eigenvalue weighted by Crippen LogP contribution is -2.05. The fraction of sp³-hybridized carbons (Fsp3) is 0.333. The van der Waals surface area contributed by atoms with Crippen LogP contribution in [-0.2, 0) is 12.8 Å². The fourth-order valence-corrected chi connectivity index (χ4v) is 2.09. The molecule has 2 nitrogen and oxygen atoms in total. The van der Waals surface area contributed by atoms with Crippen LogP contribution in [0, 0.1) is 0 Å². The summed E-state index contributed by atoms with van der Waals surface area (Å²) in [6.07, 6.45) is 3.19. The molecule has 2 aromatic rings. The molecule has 0 N–H and O–H groups in total. The summed E-state index contributed by atoms with van der Waals surface area (Å²) >= 11 is 0. The lowest BCUT2D eigenvalue weighted by molar-refractivity contribution is 0.0992. The van der Waals surface area contributed by atoms with Gasteiger partial charge in [0.1, 0.15) is 0 Å². The molecule has 0 saturated heterocycles. The third kappa shape index (κ3) is 3.53. The number of hydrogen-bond acceptors (Lipinski definition) is 2. The second-order valence-electron chi connectivity index (χ2n) is 5.39. The van der Waals surface area contributed by atoms with Gasteiger partial charge >= 0.3 is 0 Å². The topological polar surface area (TPSA) is 30.0 Å². The predicted octanol–water partition coefficient (Wildman–Crippen LogP) is 4.19. The van der Waals surface area contributed by atoms with Gasteiger partial charge in [0, 0.05) is 17.5 Å². The summed E-state index contributed by atoms with van der Waals surface area (Å²) in [7, 11) is 0. The highest BCUT2D eigenvalue weighted by molar-refractivity contribution is 5.97. The number of rotatable bonds is 5. The molecule has 0 amide bonds. The van der Waals surface area contributed by atoms with Gasteiger partial charge in [-0.25, -0.2) is 0 Å². The molecule has 0 atom stereocenters. The molecule has 0 fully saturated rings. The van der Waals surface area contributed by atoms with E-state index in [9.17, 15) is 4.79 Å². The van der Waals surface area contributed by atoms with Crippen LogP contribution < -0.4 is 0 Å². The lowest BCUT2D eigenvalue weighted by atomic mass is 9.99. The minimum atomic E-state index is 0.122. The normalized spacial score (nSPS) is 10.8. The van der Waals surface area contributed by atoms with Crippen LogP contribution in [0.3, 0.4) is 0 Å². The summed E-state index contributed by atoms with van der Waals surface area (Å²) in [5.74, 6) is 0.611. The van der Waals surface area contributed by atoms with E-state index < -0.39 is 0 Å². The summed E-state index contributed by atoms with van der Waals surface area (Å²) in [6, 6.07) is 11.9. The minimum Gasteiger partial charge on any atom is -0.294 e. The molecule has 0 aliphatic rings. The Kier molecular flexibility index (Phi) is 4.67. The maximum atomic E-state index is 12.2. The number of hydrogen-bond donors (Lipinski definition) is 0. The van der Waals surface area contributed by atoms with E-state index in [0.29, 0.717) is 12.3 Å². The molecular weight excluding hydrogens is 246 g/mol. The van der Waals surface area contributed by atoms with Gasteiger partial charge in [0.2, 0.25) is 0 Å². The van der Waals surface area contributed by atoms with Gasteiger partial charge in [0.05, 0.1) is 6.42 Å². The quantitative estimate of drug-likeness (QED) is 0.760. The van der Waals surface area contributed by atoms with Crippen LogP contribution in [-0.4, -0.2) is 10.8 Å². The zero-order chi connectivity index (χ0) is 14.5. The maximum absolute atomic E-state index is 12.2. The smallest absolute Gasteiger partial charge is 0.168 e. The number of carbonyl (C=O) groups excluding carboxylic acids is 1. The summed E-state index contributed by atoms with van der Waals surface area (Å²) < 4.78 is 0. The van der Waals surface area contributed by atoms with Crippen molar-refractivity contribution in [2.24, 2.45) is 0 Å². The van der Waals surface area contributed by atoms with Crippen molar-refractivity contribution in [1.29, 1.82) is 0 Å². The zero-order valence-electron chi connectivity index (χ0n) is 12.4. The van der Waals surface area contributed by atoms with Gasteiger partial charge in [0.15, 0.2) is 5.78 Å². The second kappa shape index (κ2) is 6.47. The Morgan fingerprint density at radius 2 is 1.80 bits per heavy atom. The molecule has 1 heterocycles. The van der Waals surface area contributed by atoms with Crippen molar-refractivity contribution < 1.29 is 4.79 Å². The van der Waals surface area contributed by atoms with Crippen LogP contribution >= 0.6 is 0 Å². The fourth-order valence-electron chi connectivity index (χ4n) is 2.09. The standard InChI is InChI=1S/C18H21NO/c1-4-14-5-10-17(19-12-14)11-18(20)16-8-6-15(7-9-16)13(2)3/h5-10,12-13H,4,11H2,1-3H3. The predicted molar refractivity (Wildman–Crippen MR) is 82.2 cm³/mol. The number of aryl methyl sites for hydroxylation is 1. The van der Waals surface area contributed by atoms with Crippen molar-refractivity contribution in [1.82, 2.24) is 4.98 Å². The van der Waals surface area contributed by atoms with E-state index in [1.165, 1.54) is 11.1 Å². The van der Waals surface area contributed by atoms with Crippen molar-refractivity contribution in [3.8, 4) is 0 Å². The first kappa shape index (κ1) is 14.4. The number of benzene rings is 1. The molecule has 0 aliphatic heterocycles. The van der Waals surface area contributed by atoms with Gasteiger partial charge in [-0.3, -0.25) is 9.78 Å². The highest BCUT2D eigenvalue weighted by Gasteiger charge is 2.08. The Labute approximate surface area is 120 Å². The number of ketones is 1. The SMILES string of the molecule is CCc1ccc(CC(=O)c2ccc(C(C)C)cc2)nc1. The van der Waals surface area contributed by atoms with Crippen LogP contribution in [0.2, 0.25) is 0 Å². The molecule has 20 heavy (non-hydrogen) atoms. The van der Waals surface area contributed by atoms with Gasteiger partial charge in [-0.1, -0.05) is 51.1 Å². The van der Waals surface area contributed by atoms with E-state index in [1.54, 1.807) is 0 Å². The summed E-state index contributed by atoms with van der Waals surface area (Å²) in [5, 5.41) is 0. The first-order valence-electron chi connectivity index (χ1n) is 7.17. The number of nitrogens with zero attached hydrogens (tertiary/aromatic N) is 1. The van der Waals surface area contributed by atoms with Crippen molar-refractivity contribution in [2.75, 3.05) is 0 Å². The molecule has 104 valence electrons. The molecule has 2 rings (SSSR count). The largest absolute Gasteiger partial charge is 0.294 e. The van der Waals surface area contributed by atoms with Crippen LogP contribution in [0.15, 0.2) is 42.6 Å². The zero-order valence-corrected chi connectivity index (χ0v) is 12.4. The molecular formula is C18H21NO. The van der Waals surface area contributed by atoms with Gasteiger partial charge in [-0.05, 0) is 29.5 Å². The van der Waals surface area contributed by atoms with E-state index in [2.05, 4.69) is 25.8 Å². The Morgan fingerprint density at radius 3 is 2.30 bits per heavy atom. The summed E-state index contributed by atoms with van der Waals surface area (Å²) in [4.78, 5) is 16.5. The van der Waals surface area contributed by atoms with Crippen LogP contribution in [0.1, 0.15) is 53.9 Å². The van der Waals surface area contributed by atoms with Crippen LogP contribution in [0.5, 0.6) is 0 Å². The van der Waals surface area contributed by atoms with E-state index in [0.717, 1.165) is 17.7 Å². The maximum Gasteiger partial charge on any atom is 0.168 e. The van der Waals surface area contributed by atoms with E-state index in [4.69, 9.17) is 0 Å². The first-order chi connectivity index (χ1) is 9.60. The van der Waals surface area contributed by atoms with Gasteiger partial charge in [-0.2, -0.15) is 0 Å². The molecule has 0 unspecified atom stereocenters. The molecule has 2 heteroatoms. The Hall–Kier alpha value is -1.96. The van der Waals surface area contributed by atoms with Crippen molar-refractivity contribution in [3.63, 3.8) is 0 Å². The van der Waals surface area contributed by atoms with Crippen LogP contribution in [0.25, 0.3) is 0 Å². The van der Waals surface area contributed by atoms with Crippen molar-refractivity contribution in [3.05, 3.63) is 65.0 Å². The van der Waals surface area contributed by atoms with Crippen molar-refractivity contribution in [2.45, 2.75) is 39.5 Å². The van der Waals surface area contributed by atoms with Gasteiger partial charge in [-0.15, -0.1) is 0 Å². The number of aromatic nitrogens is 1. The lowest BCUT2D eigenvalue weighted by Gasteiger charge is -2.06. The third-order valence-corrected chi connectivity index (χ3v) is 3.54. The van der Waals surface area contributed by atoms with E-state index in [1.807, 2.05) is 42.6 Å². The molecule has 0 bridgehead atoms. The average Bonchev–Trinajstić information content (AvgIpc) is 2.48. The number of Topliss-reactive ketones (excluding diaryl/α,β-unsaturated/α-hetero) is 1. The Balaban J connectivity index is 2.07. The summed E-state index contributed by atoms with van der Waals surface area (Å²) in [5.41, 5.74) is 4.05.